The summed E-state index contributed by atoms with van der Waals surface area (Å²) in [4.78, 5) is 2.00. The molecule has 0 saturated heterocycles. The van der Waals surface area contributed by atoms with Gasteiger partial charge in [0, 0.05) is 17.6 Å². The third-order valence-corrected chi connectivity index (χ3v) is 4.21. The van der Waals surface area contributed by atoms with Gasteiger partial charge in [-0.2, -0.15) is 0 Å². The van der Waals surface area contributed by atoms with E-state index >= 15 is 0 Å². The molecule has 2 aromatic rings. The molecule has 0 spiro atoms. The molecule has 0 saturated carbocycles. The molecule has 0 aliphatic heterocycles. The molecule has 0 aromatic heterocycles. The highest BCUT2D eigenvalue weighted by Gasteiger charge is 2.25. The molecule has 2 aromatic carbocycles. The number of halogens is 1. The van der Waals surface area contributed by atoms with Gasteiger partial charge in [-0.1, -0.05) is 48.5 Å². The number of hydrogen-bond donors (Lipinski definition) is 1. The summed E-state index contributed by atoms with van der Waals surface area (Å²) >= 11 is 0. The zero-order valence-corrected chi connectivity index (χ0v) is 12.7. The molecule has 2 rings (SSSR count). The summed E-state index contributed by atoms with van der Waals surface area (Å²) in [5.74, 6) is -0.210. The van der Waals surface area contributed by atoms with Crippen LogP contribution in [0.15, 0.2) is 54.6 Å². The molecule has 0 heterocycles. The van der Waals surface area contributed by atoms with Crippen molar-refractivity contribution in [1.82, 2.24) is 4.90 Å². The van der Waals surface area contributed by atoms with Crippen molar-refractivity contribution in [3.8, 4) is 0 Å². The SMILES string of the molecule is CC(c1ccccc1F)N(C)C(C)C(O)c1ccccc1. The van der Waals surface area contributed by atoms with Gasteiger partial charge in [0.05, 0.1) is 6.10 Å². The molecular weight excluding hydrogens is 265 g/mol. The summed E-state index contributed by atoms with van der Waals surface area (Å²) in [7, 11) is 1.91. The fourth-order valence-corrected chi connectivity index (χ4v) is 2.54. The van der Waals surface area contributed by atoms with Crippen LogP contribution in [0.2, 0.25) is 0 Å². The van der Waals surface area contributed by atoms with Crippen LogP contribution in [0, 0.1) is 5.82 Å². The maximum atomic E-state index is 13.9. The standard InChI is InChI=1S/C18H22FNO/c1-13(16-11-7-8-12-17(16)19)20(3)14(2)18(21)15-9-5-4-6-10-15/h4-14,18,21H,1-3H3. The number of hydrogen-bond acceptors (Lipinski definition) is 2. The van der Waals surface area contributed by atoms with E-state index in [9.17, 15) is 9.50 Å². The molecule has 0 aliphatic rings. The molecule has 0 bridgehead atoms. The molecule has 0 fully saturated rings. The highest BCUT2D eigenvalue weighted by atomic mass is 19.1. The maximum absolute atomic E-state index is 13.9. The van der Waals surface area contributed by atoms with Crippen molar-refractivity contribution in [3.63, 3.8) is 0 Å². The van der Waals surface area contributed by atoms with E-state index in [1.54, 1.807) is 12.1 Å². The zero-order chi connectivity index (χ0) is 15.4. The smallest absolute Gasteiger partial charge is 0.127 e. The second kappa shape index (κ2) is 6.83. The summed E-state index contributed by atoms with van der Waals surface area (Å²) in [6, 6.07) is 16.1. The third-order valence-electron chi connectivity index (χ3n) is 4.21. The monoisotopic (exact) mass is 287 g/mol. The fraction of sp³-hybridized carbons (Fsp3) is 0.333. The molecule has 112 valence electrons. The highest BCUT2D eigenvalue weighted by molar-refractivity contribution is 5.22. The van der Waals surface area contributed by atoms with Crippen LogP contribution in [0.25, 0.3) is 0 Å². The molecule has 0 aliphatic carbocycles. The molecule has 2 nitrogen and oxygen atoms in total. The van der Waals surface area contributed by atoms with Crippen LogP contribution in [0.1, 0.15) is 37.1 Å². The Morgan fingerprint density at radius 1 is 0.952 bits per heavy atom. The van der Waals surface area contributed by atoms with Crippen molar-refractivity contribution in [2.75, 3.05) is 7.05 Å². The molecule has 3 heteroatoms. The lowest BCUT2D eigenvalue weighted by Gasteiger charge is -2.34. The average Bonchev–Trinajstić information content (AvgIpc) is 2.53. The van der Waals surface area contributed by atoms with E-state index in [4.69, 9.17) is 0 Å². The first-order chi connectivity index (χ1) is 10.0. The quantitative estimate of drug-likeness (QED) is 0.900. The van der Waals surface area contributed by atoms with E-state index in [1.807, 2.05) is 62.2 Å². The van der Waals surface area contributed by atoms with Crippen molar-refractivity contribution in [2.24, 2.45) is 0 Å². The molecule has 3 unspecified atom stereocenters. The normalized spacial score (nSPS) is 15.7. The second-order valence-corrected chi connectivity index (χ2v) is 5.46. The van der Waals surface area contributed by atoms with Gasteiger partial charge in [-0.15, -0.1) is 0 Å². The first-order valence-electron chi connectivity index (χ1n) is 7.21. The van der Waals surface area contributed by atoms with E-state index in [2.05, 4.69) is 0 Å². The minimum Gasteiger partial charge on any atom is -0.387 e. The van der Waals surface area contributed by atoms with Gasteiger partial charge in [0.25, 0.3) is 0 Å². The van der Waals surface area contributed by atoms with Crippen LogP contribution < -0.4 is 0 Å². The minimum absolute atomic E-state index is 0.112. The van der Waals surface area contributed by atoms with Crippen LogP contribution in [0.4, 0.5) is 4.39 Å². The van der Waals surface area contributed by atoms with Gasteiger partial charge >= 0.3 is 0 Å². The Labute approximate surface area is 125 Å². The van der Waals surface area contributed by atoms with Gasteiger partial charge in [0.2, 0.25) is 0 Å². The van der Waals surface area contributed by atoms with Crippen molar-refractivity contribution in [2.45, 2.75) is 32.0 Å². The number of benzene rings is 2. The first-order valence-corrected chi connectivity index (χ1v) is 7.21. The van der Waals surface area contributed by atoms with Gasteiger partial charge in [-0.25, -0.2) is 4.39 Å². The lowest BCUT2D eigenvalue weighted by molar-refractivity contribution is 0.0520. The second-order valence-electron chi connectivity index (χ2n) is 5.46. The Balaban J connectivity index is 2.15. The Hall–Kier alpha value is -1.71. The first kappa shape index (κ1) is 15.7. The molecule has 0 amide bonds. The van der Waals surface area contributed by atoms with Crippen molar-refractivity contribution >= 4 is 0 Å². The van der Waals surface area contributed by atoms with Gasteiger partial charge in [-0.05, 0) is 32.5 Å². The maximum Gasteiger partial charge on any atom is 0.127 e. The summed E-state index contributed by atoms with van der Waals surface area (Å²) in [6.45, 7) is 3.90. The summed E-state index contributed by atoms with van der Waals surface area (Å²) in [5.41, 5.74) is 1.52. The van der Waals surface area contributed by atoms with Crippen LogP contribution in [-0.4, -0.2) is 23.1 Å². The Kier molecular flexibility index (Phi) is 5.10. The Morgan fingerprint density at radius 2 is 1.52 bits per heavy atom. The Bertz CT molecular complexity index is 572. The summed E-state index contributed by atoms with van der Waals surface area (Å²) in [6.07, 6.45) is -0.606. The Morgan fingerprint density at radius 3 is 2.14 bits per heavy atom. The van der Waals surface area contributed by atoms with E-state index in [0.717, 1.165) is 5.56 Å². The van der Waals surface area contributed by atoms with E-state index in [0.29, 0.717) is 5.56 Å². The van der Waals surface area contributed by atoms with Gasteiger partial charge < -0.3 is 5.11 Å². The lowest BCUT2D eigenvalue weighted by atomic mass is 9.99. The summed E-state index contributed by atoms with van der Waals surface area (Å²) in [5, 5.41) is 10.5. The molecular formula is C18H22FNO. The minimum atomic E-state index is -0.606. The van der Waals surface area contributed by atoms with Crippen LogP contribution in [0.5, 0.6) is 0 Å². The number of rotatable bonds is 5. The van der Waals surface area contributed by atoms with Crippen molar-refractivity contribution in [3.05, 3.63) is 71.5 Å². The molecule has 1 N–H and O–H groups in total. The predicted molar refractivity (Wildman–Crippen MR) is 83.4 cm³/mol. The van der Waals surface area contributed by atoms with E-state index < -0.39 is 6.10 Å². The van der Waals surface area contributed by atoms with Crippen molar-refractivity contribution < 1.29 is 9.50 Å². The zero-order valence-electron chi connectivity index (χ0n) is 12.7. The number of nitrogens with zero attached hydrogens (tertiary/aromatic N) is 1. The van der Waals surface area contributed by atoms with Gasteiger partial charge in [0.1, 0.15) is 5.82 Å². The van der Waals surface area contributed by atoms with Gasteiger partial charge in [0.15, 0.2) is 0 Å². The largest absolute Gasteiger partial charge is 0.387 e. The van der Waals surface area contributed by atoms with E-state index in [1.165, 1.54) is 6.07 Å². The van der Waals surface area contributed by atoms with Crippen LogP contribution >= 0.6 is 0 Å². The van der Waals surface area contributed by atoms with Gasteiger partial charge in [-0.3, -0.25) is 4.90 Å². The predicted octanol–water partition coefficient (Wildman–Crippen LogP) is 3.94. The van der Waals surface area contributed by atoms with E-state index in [-0.39, 0.29) is 17.9 Å². The molecule has 21 heavy (non-hydrogen) atoms. The lowest BCUT2D eigenvalue weighted by Crippen LogP contribution is -2.36. The average molecular weight is 287 g/mol. The molecule has 3 atom stereocenters. The number of aliphatic hydroxyl groups excluding tert-OH is 1. The van der Waals surface area contributed by atoms with Crippen LogP contribution in [-0.2, 0) is 0 Å². The topological polar surface area (TPSA) is 23.5 Å². The third kappa shape index (κ3) is 3.49. The van der Waals surface area contributed by atoms with Crippen molar-refractivity contribution in [1.29, 1.82) is 0 Å². The highest BCUT2D eigenvalue weighted by Crippen LogP contribution is 2.28. The number of aliphatic hydroxyl groups is 1. The van der Waals surface area contributed by atoms with Crippen LogP contribution in [0.3, 0.4) is 0 Å². The fourth-order valence-electron chi connectivity index (χ4n) is 2.54. The molecule has 0 radical (unpaired) electrons. The summed E-state index contributed by atoms with van der Waals surface area (Å²) < 4.78 is 13.9. The number of likely N-dealkylation sites (N-methyl/N-ethyl adjacent to an activating group) is 1.